The Kier molecular flexibility index (Phi) is 5.68. The lowest BCUT2D eigenvalue weighted by molar-refractivity contribution is -0.131. The zero-order valence-corrected chi connectivity index (χ0v) is 13.1. The molecule has 0 radical (unpaired) electrons. The van der Waals surface area contributed by atoms with Crippen molar-refractivity contribution < 1.29 is 9.90 Å². The molecule has 4 heteroatoms. The Morgan fingerprint density at radius 1 is 1.38 bits per heavy atom. The van der Waals surface area contributed by atoms with Crippen molar-refractivity contribution in [3.8, 4) is 0 Å². The first kappa shape index (κ1) is 15.9. The first-order valence-electron chi connectivity index (χ1n) is 7.59. The van der Waals surface area contributed by atoms with Gasteiger partial charge in [0.2, 0.25) is 0 Å². The molecule has 0 saturated heterocycles. The summed E-state index contributed by atoms with van der Waals surface area (Å²) in [6.45, 7) is 3.10. The maximum atomic E-state index is 10.6. The van der Waals surface area contributed by atoms with Gasteiger partial charge in [0.05, 0.1) is 10.7 Å². The molecule has 114 valence electrons. The second kappa shape index (κ2) is 7.51. The quantitative estimate of drug-likeness (QED) is 0.808. The number of anilines is 1. The smallest absolute Gasteiger partial charge is 0.328 e. The molecule has 0 unspecified atom stereocenters. The second-order valence-electron chi connectivity index (χ2n) is 5.46. The summed E-state index contributed by atoms with van der Waals surface area (Å²) in [4.78, 5) is 12.9. The lowest BCUT2D eigenvalue weighted by Crippen LogP contribution is -2.36. The molecule has 0 aromatic heterocycles. The van der Waals surface area contributed by atoms with Crippen molar-refractivity contribution >= 4 is 29.3 Å². The summed E-state index contributed by atoms with van der Waals surface area (Å²) in [5.74, 6) is -0.951. The third-order valence-electron chi connectivity index (χ3n) is 4.06. The van der Waals surface area contributed by atoms with E-state index in [1.165, 1.54) is 32.1 Å². The maximum Gasteiger partial charge on any atom is 0.328 e. The van der Waals surface area contributed by atoms with E-state index < -0.39 is 5.97 Å². The molecule has 1 aromatic carbocycles. The Morgan fingerprint density at radius 3 is 2.67 bits per heavy atom. The number of carboxylic acid groups (broad SMARTS) is 1. The van der Waals surface area contributed by atoms with Gasteiger partial charge in [0.1, 0.15) is 0 Å². The molecular weight excluding hydrogens is 286 g/mol. The van der Waals surface area contributed by atoms with E-state index in [1.807, 2.05) is 18.2 Å². The first-order chi connectivity index (χ1) is 10.1. The SMILES string of the molecule is CCN(c1ccc(/C=C/C(=O)O)cc1Cl)C1CCCCC1. The molecule has 0 atom stereocenters. The van der Waals surface area contributed by atoms with Gasteiger partial charge < -0.3 is 10.0 Å². The van der Waals surface area contributed by atoms with Gasteiger partial charge in [0.25, 0.3) is 0 Å². The van der Waals surface area contributed by atoms with Gasteiger partial charge in [-0.15, -0.1) is 0 Å². The third kappa shape index (κ3) is 4.24. The van der Waals surface area contributed by atoms with Crippen LogP contribution in [0.1, 0.15) is 44.6 Å². The Labute approximate surface area is 131 Å². The molecule has 0 amide bonds. The Balaban J connectivity index is 2.19. The number of nitrogens with zero attached hydrogens (tertiary/aromatic N) is 1. The molecular formula is C17H22ClNO2. The van der Waals surface area contributed by atoms with Crippen LogP contribution in [0.25, 0.3) is 6.08 Å². The number of benzene rings is 1. The number of hydrogen-bond acceptors (Lipinski definition) is 2. The van der Waals surface area contributed by atoms with Gasteiger partial charge in [-0.1, -0.05) is 36.9 Å². The van der Waals surface area contributed by atoms with Crippen LogP contribution in [0.5, 0.6) is 0 Å². The monoisotopic (exact) mass is 307 g/mol. The van der Waals surface area contributed by atoms with Crippen molar-refractivity contribution in [1.82, 2.24) is 0 Å². The second-order valence-corrected chi connectivity index (χ2v) is 5.87. The van der Waals surface area contributed by atoms with Crippen molar-refractivity contribution in [3.63, 3.8) is 0 Å². The highest BCUT2D eigenvalue weighted by atomic mass is 35.5. The molecule has 3 nitrogen and oxygen atoms in total. The van der Waals surface area contributed by atoms with Crippen LogP contribution in [0.4, 0.5) is 5.69 Å². The molecule has 0 aliphatic heterocycles. The largest absolute Gasteiger partial charge is 0.478 e. The summed E-state index contributed by atoms with van der Waals surface area (Å²) < 4.78 is 0. The highest BCUT2D eigenvalue weighted by molar-refractivity contribution is 6.33. The average Bonchev–Trinajstić information content (AvgIpc) is 2.49. The fourth-order valence-corrected chi connectivity index (χ4v) is 3.34. The van der Waals surface area contributed by atoms with Crippen LogP contribution in [0.15, 0.2) is 24.3 Å². The fraction of sp³-hybridized carbons (Fsp3) is 0.471. The molecule has 1 aliphatic carbocycles. The van der Waals surface area contributed by atoms with Crippen LogP contribution in [0, 0.1) is 0 Å². The van der Waals surface area contributed by atoms with Gasteiger partial charge in [-0.3, -0.25) is 0 Å². The van der Waals surface area contributed by atoms with Crippen molar-refractivity contribution in [2.75, 3.05) is 11.4 Å². The molecule has 0 bridgehead atoms. The van der Waals surface area contributed by atoms with Gasteiger partial charge in [-0.2, -0.15) is 0 Å². The van der Waals surface area contributed by atoms with E-state index in [0.29, 0.717) is 11.1 Å². The Morgan fingerprint density at radius 2 is 2.10 bits per heavy atom. The van der Waals surface area contributed by atoms with Crippen LogP contribution in [-0.2, 0) is 4.79 Å². The van der Waals surface area contributed by atoms with Crippen molar-refractivity contribution in [2.24, 2.45) is 0 Å². The van der Waals surface area contributed by atoms with E-state index in [4.69, 9.17) is 16.7 Å². The summed E-state index contributed by atoms with van der Waals surface area (Å²) in [5.41, 5.74) is 1.87. The first-order valence-corrected chi connectivity index (χ1v) is 7.97. The summed E-state index contributed by atoms with van der Waals surface area (Å²) >= 11 is 6.41. The summed E-state index contributed by atoms with van der Waals surface area (Å²) in [6, 6.07) is 6.33. The molecule has 1 fully saturated rings. The van der Waals surface area contributed by atoms with E-state index >= 15 is 0 Å². The highest BCUT2D eigenvalue weighted by Gasteiger charge is 2.21. The lowest BCUT2D eigenvalue weighted by atomic mass is 9.93. The Hall–Kier alpha value is -1.48. The van der Waals surface area contributed by atoms with E-state index in [1.54, 1.807) is 6.08 Å². The van der Waals surface area contributed by atoms with Crippen molar-refractivity contribution in [1.29, 1.82) is 0 Å². The van der Waals surface area contributed by atoms with Gasteiger partial charge in [-0.25, -0.2) is 4.79 Å². The van der Waals surface area contributed by atoms with Gasteiger partial charge in [0.15, 0.2) is 0 Å². The van der Waals surface area contributed by atoms with Crippen LogP contribution in [0.3, 0.4) is 0 Å². The number of aliphatic carboxylic acids is 1. The molecule has 1 aliphatic rings. The summed E-state index contributed by atoms with van der Waals surface area (Å²) in [6.07, 6.45) is 9.06. The number of halogens is 1. The number of rotatable bonds is 5. The minimum Gasteiger partial charge on any atom is -0.478 e. The molecule has 0 heterocycles. The zero-order valence-electron chi connectivity index (χ0n) is 12.4. The standard InChI is InChI=1S/C17H22ClNO2/c1-2-19(14-6-4-3-5-7-14)16-10-8-13(12-15(16)18)9-11-17(20)21/h8-12,14H,2-7H2,1H3,(H,20,21)/b11-9+. The van der Waals surface area contributed by atoms with Crippen molar-refractivity contribution in [3.05, 3.63) is 34.9 Å². The zero-order chi connectivity index (χ0) is 15.2. The van der Waals surface area contributed by atoms with Crippen LogP contribution in [0.2, 0.25) is 5.02 Å². The van der Waals surface area contributed by atoms with E-state index in [-0.39, 0.29) is 0 Å². The average molecular weight is 308 g/mol. The third-order valence-corrected chi connectivity index (χ3v) is 4.36. The fourth-order valence-electron chi connectivity index (χ4n) is 3.05. The topological polar surface area (TPSA) is 40.5 Å². The van der Waals surface area contributed by atoms with Crippen molar-refractivity contribution in [2.45, 2.75) is 45.1 Å². The van der Waals surface area contributed by atoms with E-state index in [2.05, 4.69) is 11.8 Å². The highest BCUT2D eigenvalue weighted by Crippen LogP contribution is 2.32. The predicted molar refractivity (Wildman–Crippen MR) is 88.0 cm³/mol. The summed E-state index contributed by atoms with van der Waals surface area (Å²) in [5, 5.41) is 9.36. The number of carboxylic acids is 1. The molecule has 0 spiro atoms. The molecule has 2 rings (SSSR count). The molecule has 1 N–H and O–H groups in total. The minimum absolute atomic E-state index is 0.571. The van der Waals surface area contributed by atoms with Gasteiger partial charge in [-0.05, 0) is 43.5 Å². The number of hydrogen-bond donors (Lipinski definition) is 1. The summed E-state index contributed by atoms with van der Waals surface area (Å²) in [7, 11) is 0. The minimum atomic E-state index is -0.951. The molecule has 21 heavy (non-hydrogen) atoms. The van der Waals surface area contributed by atoms with Crippen LogP contribution < -0.4 is 4.90 Å². The molecule has 1 aromatic rings. The lowest BCUT2D eigenvalue weighted by Gasteiger charge is -2.36. The van der Waals surface area contributed by atoms with Gasteiger partial charge >= 0.3 is 5.97 Å². The van der Waals surface area contributed by atoms with Gasteiger partial charge in [0, 0.05) is 18.7 Å². The molecule has 1 saturated carbocycles. The Bertz CT molecular complexity index is 522. The predicted octanol–water partition coefficient (Wildman–Crippen LogP) is 4.60. The normalized spacial score (nSPS) is 16.3. The van der Waals surface area contributed by atoms with E-state index in [0.717, 1.165) is 23.9 Å². The van der Waals surface area contributed by atoms with Crippen LogP contribution >= 0.6 is 11.6 Å². The maximum absolute atomic E-state index is 10.6. The van der Waals surface area contributed by atoms with Crippen LogP contribution in [-0.4, -0.2) is 23.7 Å². The van der Waals surface area contributed by atoms with E-state index in [9.17, 15) is 4.79 Å². The number of carbonyl (C=O) groups is 1.